The van der Waals surface area contributed by atoms with Crippen LogP contribution in [0.3, 0.4) is 0 Å². The summed E-state index contributed by atoms with van der Waals surface area (Å²) in [5.41, 5.74) is 4.71. The predicted octanol–water partition coefficient (Wildman–Crippen LogP) is 3.55. The molecule has 2 unspecified atom stereocenters. The van der Waals surface area contributed by atoms with E-state index < -0.39 is 6.04 Å². The summed E-state index contributed by atoms with van der Waals surface area (Å²) in [4.78, 5) is 33.0. The van der Waals surface area contributed by atoms with Gasteiger partial charge >= 0.3 is 6.03 Å². The fourth-order valence-electron chi connectivity index (χ4n) is 5.47. The molecule has 0 bridgehead atoms. The number of anilines is 1. The van der Waals surface area contributed by atoms with E-state index in [9.17, 15) is 9.59 Å². The molecule has 4 heterocycles. The highest BCUT2D eigenvalue weighted by atomic mass is 16.2. The van der Waals surface area contributed by atoms with E-state index in [0.29, 0.717) is 25.4 Å². The summed E-state index contributed by atoms with van der Waals surface area (Å²) in [6.45, 7) is 5.57. The molecule has 8 nitrogen and oxygen atoms in total. The van der Waals surface area contributed by atoms with Crippen LogP contribution >= 0.6 is 0 Å². The van der Waals surface area contributed by atoms with Crippen molar-refractivity contribution in [3.05, 3.63) is 47.9 Å². The molecule has 2 atom stereocenters. The smallest absolute Gasteiger partial charge is 0.318 e. The zero-order valence-corrected chi connectivity index (χ0v) is 19.5. The van der Waals surface area contributed by atoms with E-state index in [4.69, 9.17) is 0 Å². The van der Waals surface area contributed by atoms with Crippen LogP contribution in [0.1, 0.15) is 50.2 Å². The molecule has 2 saturated heterocycles. The average molecular weight is 449 g/mol. The number of hydrogen-bond donors (Lipinski definition) is 2. The monoisotopic (exact) mass is 448 g/mol. The van der Waals surface area contributed by atoms with Crippen LogP contribution in [-0.4, -0.2) is 56.8 Å². The second kappa shape index (κ2) is 8.57. The van der Waals surface area contributed by atoms with Crippen LogP contribution in [-0.2, 0) is 18.3 Å². The lowest BCUT2D eigenvalue weighted by atomic mass is 9.89. The highest BCUT2D eigenvalue weighted by molar-refractivity contribution is 6.01. The minimum atomic E-state index is -0.494. The number of aromatic amines is 1. The summed E-state index contributed by atoms with van der Waals surface area (Å²) in [6, 6.07) is 5.89. The third-order valence-electron chi connectivity index (χ3n) is 7.26. The number of urea groups is 1. The Labute approximate surface area is 193 Å². The summed E-state index contributed by atoms with van der Waals surface area (Å²) in [5.74, 6) is 0.369. The fraction of sp³-hybridized carbons (Fsp3) is 0.480. The first-order chi connectivity index (χ1) is 16.0. The first-order valence-electron chi connectivity index (χ1n) is 11.9. The van der Waals surface area contributed by atoms with Crippen LogP contribution in [0.4, 0.5) is 10.5 Å². The number of piperidine rings is 1. The maximum Gasteiger partial charge on any atom is 0.318 e. The number of aryl methyl sites for hydroxylation is 2. The normalized spacial score (nSPS) is 21.8. The van der Waals surface area contributed by atoms with Crippen LogP contribution in [0.2, 0.25) is 0 Å². The number of para-hydroxylation sites is 1. The number of hydrogen-bond acceptors (Lipinski definition) is 3. The van der Waals surface area contributed by atoms with Crippen molar-refractivity contribution in [2.45, 2.75) is 57.5 Å². The van der Waals surface area contributed by atoms with E-state index in [1.165, 1.54) is 22.0 Å². The van der Waals surface area contributed by atoms with E-state index in [1.807, 2.05) is 25.1 Å². The van der Waals surface area contributed by atoms with Gasteiger partial charge in [-0.25, -0.2) is 4.79 Å². The molecule has 33 heavy (non-hydrogen) atoms. The average Bonchev–Trinajstić information content (AvgIpc) is 3.51. The first-order valence-corrected chi connectivity index (χ1v) is 11.9. The van der Waals surface area contributed by atoms with Crippen molar-refractivity contribution in [3.8, 4) is 0 Å². The number of benzene rings is 1. The van der Waals surface area contributed by atoms with Crippen LogP contribution in [0.25, 0.3) is 10.9 Å². The van der Waals surface area contributed by atoms with Crippen molar-refractivity contribution < 1.29 is 9.59 Å². The molecule has 0 radical (unpaired) electrons. The number of fused-ring (bicyclic) bond motifs is 1. The van der Waals surface area contributed by atoms with Gasteiger partial charge in [-0.2, -0.15) is 5.10 Å². The van der Waals surface area contributed by atoms with Crippen molar-refractivity contribution in [2.24, 2.45) is 7.05 Å². The van der Waals surface area contributed by atoms with Crippen LogP contribution in [0.5, 0.6) is 0 Å². The number of carbonyl (C=O) groups is 2. The Morgan fingerprint density at radius 2 is 2.06 bits per heavy atom. The molecule has 2 aromatic heterocycles. The lowest BCUT2D eigenvalue weighted by molar-refractivity contribution is -0.118. The molecular formula is C25H32N6O2. The second-order valence-corrected chi connectivity index (χ2v) is 9.37. The molecule has 3 aromatic rings. The van der Waals surface area contributed by atoms with Gasteiger partial charge in [-0.1, -0.05) is 25.1 Å². The third-order valence-corrected chi connectivity index (χ3v) is 7.26. The Balaban J connectivity index is 1.21. The van der Waals surface area contributed by atoms with Crippen LogP contribution < -0.4 is 10.2 Å². The Bertz CT molecular complexity index is 1170. The van der Waals surface area contributed by atoms with E-state index in [2.05, 4.69) is 46.7 Å². The number of rotatable bonds is 4. The topological polar surface area (TPSA) is 86.3 Å². The van der Waals surface area contributed by atoms with Gasteiger partial charge in [0.2, 0.25) is 5.91 Å². The molecule has 174 valence electrons. The van der Waals surface area contributed by atoms with Crippen molar-refractivity contribution in [3.63, 3.8) is 0 Å². The van der Waals surface area contributed by atoms with Crippen LogP contribution in [0.15, 0.2) is 36.8 Å². The van der Waals surface area contributed by atoms with Gasteiger partial charge in [-0.3, -0.25) is 9.48 Å². The third kappa shape index (κ3) is 3.87. The Morgan fingerprint density at radius 1 is 1.27 bits per heavy atom. The largest absolute Gasteiger partial charge is 0.361 e. The second-order valence-electron chi connectivity index (χ2n) is 9.37. The van der Waals surface area contributed by atoms with Crippen molar-refractivity contribution >= 4 is 28.5 Å². The Hall–Kier alpha value is -3.29. The van der Waals surface area contributed by atoms with Gasteiger partial charge in [0.1, 0.15) is 6.04 Å². The first kappa shape index (κ1) is 21.6. The van der Waals surface area contributed by atoms with E-state index in [0.717, 1.165) is 24.9 Å². The summed E-state index contributed by atoms with van der Waals surface area (Å²) < 4.78 is 1.68. The minimum absolute atomic E-state index is 0.0209. The van der Waals surface area contributed by atoms with E-state index in [-0.39, 0.29) is 18.0 Å². The molecule has 8 heteroatoms. The van der Waals surface area contributed by atoms with Gasteiger partial charge in [-0.05, 0) is 49.7 Å². The minimum Gasteiger partial charge on any atom is -0.361 e. The number of amides is 3. The summed E-state index contributed by atoms with van der Waals surface area (Å²) in [6.07, 6.45) is 9.13. The highest BCUT2D eigenvalue weighted by Gasteiger charge is 2.40. The highest BCUT2D eigenvalue weighted by Crippen LogP contribution is 2.34. The number of likely N-dealkylation sites (tertiary alicyclic amines) is 1. The van der Waals surface area contributed by atoms with E-state index in [1.54, 1.807) is 15.8 Å². The number of carbonyl (C=O) groups excluding carboxylic acids is 2. The van der Waals surface area contributed by atoms with Crippen LogP contribution in [0, 0.1) is 0 Å². The van der Waals surface area contributed by atoms with Gasteiger partial charge in [0.05, 0.1) is 11.9 Å². The van der Waals surface area contributed by atoms with Crippen molar-refractivity contribution in [2.75, 3.05) is 18.0 Å². The lowest BCUT2D eigenvalue weighted by Crippen LogP contribution is -2.50. The predicted molar refractivity (Wildman–Crippen MR) is 128 cm³/mol. The molecule has 1 aromatic carbocycles. The zero-order valence-electron chi connectivity index (χ0n) is 19.5. The molecule has 2 fully saturated rings. The number of nitrogens with one attached hydrogen (secondary N) is 2. The molecule has 3 amide bonds. The number of aromatic nitrogens is 3. The molecule has 0 spiro atoms. The van der Waals surface area contributed by atoms with Gasteiger partial charge in [0.15, 0.2) is 0 Å². The molecule has 5 rings (SSSR count). The van der Waals surface area contributed by atoms with Gasteiger partial charge in [-0.15, -0.1) is 0 Å². The fourth-order valence-corrected chi connectivity index (χ4v) is 5.47. The maximum absolute atomic E-state index is 13.0. The SMILES string of the molecule is CCc1cccc2c(C3CCN(C(=O)NC4CC(C)N(c5cnn(C)c5)C4=O)CC3)c[nH]c12. The standard InChI is InChI=1S/C25H32N6O2/c1-4-17-6-5-7-20-21(14-26-23(17)20)18-8-10-30(11-9-18)25(33)28-22-12-16(2)31(24(22)32)19-13-27-29(3)15-19/h5-7,13-16,18,22,26H,4,8-12H2,1-3H3,(H,28,33). The number of H-pyrrole nitrogens is 1. The zero-order chi connectivity index (χ0) is 23.1. The van der Waals surface area contributed by atoms with Crippen molar-refractivity contribution in [1.82, 2.24) is 25.0 Å². The molecule has 0 aliphatic carbocycles. The molecular weight excluding hydrogens is 416 g/mol. The molecule has 2 aliphatic heterocycles. The summed E-state index contributed by atoms with van der Waals surface area (Å²) in [7, 11) is 1.83. The Kier molecular flexibility index (Phi) is 5.60. The lowest BCUT2D eigenvalue weighted by Gasteiger charge is -2.32. The molecule has 2 N–H and O–H groups in total. The number of nitrogens with zero attached hydrogens (tertiary/aromatic N) is 4. The summed E-state index contributed by atoms with van der Waals surface area (Å²) >= 11 is 0. The summed E-state index contributed by atoms with van der Waals surface area (Å²) in [5, 5.41) is 8.47. The van der Waals surface area contributed by atoms with Gasteiger partial charge < -0.3 is 20.1 Å². The van der Waals surface area contributed by atoms with E-state index >= 15 is 0 Å². The Morgan fingerprint density at radius 3 is 2.76 bits per heavy atom. The maximum atomic E-state index is 13.0. The van der Waals surface area contributed by atoms with Crippen molar-refractivity contribution in [1.29, 1.82) is 0 Å². The molecule has 2 aliphatic rings. The van der Waals surface area contributed by atoms with Gasteiger partial charge in [0.25, 0.3) is 0 Å². The molecule has 0 saturated carbocycles. The van der Waals surface area contributed by atoms with Gasteiger partial charge in [0, 0.05) is 49.5 Å². The quantitative estimate of drug-likeness (QED) is 0.640.